The van der Waals surface area contributed by atoms with Gasteiger partial charge < -0.3 is 9.15 Å². The number of hydrogen-bond acceptors (Lipinski definition) is 6. The predicted octanol–water partition coefficient (Wildman–Crippen LogP) is 3.28. The first-order valence-electron chi connectivity index (χ1n) is 9.51. The van der Waals surface area contributed by atoms with Crippen LogP contribution >= 0.6 is 0 Å². The highest BCUT2D eigenvalue weighted by Crippen LogP contribution is 2.25. The number of fused-ring (bicyclic) bond motifs is 1. The lowest BCUT2D eigenvalue weighted by Crippen LogP contribution is -2.40. The summed E-state index contributed by atoms with van der Waals surface area (Å²) in [5.41, 5.74) is 2.37. The van der Waals surface area contributed by atoms with Crippen LogP contribution < -0.4 is 0 Å². The Bertz CT molecular complexity index is 1080. The molecular formula is C21H22N2O5S. The minimum absolute atomic E-state index is 0.0323. The highest BCUT2D eigenvalue weighted by Gasteiger charge is 2.32. The number of benzene rings is 2. The zero-order valence-electron chi connectivity index (χ0n) is 16.1. The zero-order chi connectivity index (χ0) is 20.4. The number of esters is 1. The molecule has 2 aromatic carbocycles. The second-order valence-corrected chi connectivity index (χ2v) is 9.11. The monoisotopic (exact) mass is 414 g/mol. The van der Waals surface area contributed by atoms with E-state index in [2.05, 4.69) is 4.98 Å². The van der Waals surface area contributed by atoms with Crippen molar-refractivity contribution in [2.24, 2.45) is 5.92 Å². The molecule has 0 N–H and O–H groups in total. The van der Waals surface area contributed by atoms with E-state index in [1.54, 1.807) is 30.3 Å². The van der Waals surface area contributed by atoms with Crippen LogP contribution in [0.1, 0.15) is 24.3 Å². The summed E-state index contributed by atoms with van der Waals surface area (Å²) in [5.74, 6) is -0.331. The van der Waals surface area contributed by atoms with Gasteiger partial charge in [0.2, 0.25) is 15.9 Å². The largest absolute Gasteiger partial charge is 0.455 e. The molecule has 152 valence electrons. The molecule has 1 aromatic heterocycles. The lowest BCUT2D eigenvalue weighted by atomic mass is 9.98. The van der Waals surface area contributed by atoms with Crippen molar-refractivity contribution in [1.29, 1.82) is 0 Å². The Hall–Kier alpha value is -2.71. The molecule has 0 atom stereocenters. The van der Waals surface area contributed by atoms with Gasteiger partial charge in [0.05, 0.1) is 10.8 Å². The summed E-state index contributed by atoms with van der Waals surface area (Å²) in [4.78, 5) is 17.0. The van der Waals surface area contributed by atoms with Crippen molar-refractivity contribution in [3.8, 4) is 0 Å². The average Bonchev–Trinajstić information content (AvgIpc) is 3.15. The summed E-state index contributed by atoms with van der Waals surface area (Å²) in [6, 6.07) is 14.1. The van der Waals surface area contributed by atoms with E-state index in [1.807, 2.05) is 25.1 Å². The van der Waals surface area contributed by atoms with Crippen molar-refractivity contribution in [3.63, 3.8) is 0 Å². The lowest BCUT2D eigenvalue weighted by Gasteiger charge is -2.30. The lowest BCUT2D eigenvalue weighted by molar-refractivity contribution is -0.151. The third-order valence-corrected chi connectivity index (χ3v) is 7.03. The van der Waals surface area contributed by atoms with Crippen LogP contribution in [0.4, 0.5) is 0 Å². The Kier molecular flexibility index (Phi) is 5.38. The molecule has 2 heterocycles. The second kappa shape index (κ2) is 7.96. The van der Waals surface area contributed by atoms with E-state index in [4.69, 9.17) is 9.15 Å². The number of rotatable bonds is 5. The van der Waals surface area contributed by atoms with Gasteiger partial charge in [0.25, 0.3) is 0 Å². The third-order valence-electron chi connectivity index (χ3n) is 5.12. The van der Waals surface area contributed by atoms with Crippen LogP contribution in [0.25, 0.3) is 11.1 Å². The number of nitrogens with zero attached hydrogens (tertiary/aromatic N) is 2. The Morgan fingerprint density at radius 1 is 1.14 bits per heavy atom. The van der Waals surface area contributed by atoms with Crippen molar-refractivity contribution in [1.82, 2.24) is 9.29 Å². The van der Waals surface area contributed by atoms with Crippen LogP contribution in [0.2, 0.25) is 0 Å². The molecule has 0 bridgehead atoms. The highest BCUT2D eigenvalue weighted by atomic mass is 32.2. The van der Waals surface area contributed by atoms with E-state index in [0.717, 1.165) is 5.56 Å². The van der Waals surface area contributed by atoms with Gasteiger partial charge in [0.1, 0.15) is 5.52 Å². The summed E-state index contributed by atoms with van der Waals surface area (Å²) >= 11 is 0. The molecule has 0 unspecified atom stereocenters. The fraction of sp³-hybridized carbons (Fsp3) is 0.333. The molecule has 0 saturated carbocycles. The molecular weight excluding hydrogens is 392 g/mol. The van der Waals surface area contributed by atoms with Crippen LogP contribution in [0, 0.1) is 12.8 Å². The minimum atomic E-state index is -3.54. The van der Waals surface area contributed by atoms with E-state index in [-0.39, 0.29) is 23.4 Å². The SMILES string of the molecule is Cc1ccc(S(=O)(=O)N2CCC(C(=O)OCc3nc4ccccc4o3)CC2)cc1. The summed E-state index contributed by atoms with van der Waals surface area (Å²) < 4.78 is 37.9. The van der Waals surface area contributed by atoms with Gasteiger partial charge >= 0.3 is 5.97 Å². The quantitative estimate of drug-likeness (QED) is 0.595. The maximum absolute atomic E-state index is 12.8. The molecule has 8 heteroatoms. The van der Waals surface area contributed by atoms with Gasteiger partial charge in [-0.05, 0) is 44.0 Å². The van der Waals surface area contributed by atoms with Crippen LogP contribution in [0.3, 0.4) is 0 Å². The maximum Gasteiger partial charge on any atom is 0.309 e. The number of aryl methyl sites for hydroxylation is 1. The van der Waals surface area contributed by atoms with Crippen molar-refractivity contribution >= 4 is 27.1 Å². The maximum atomic E-state index is 12.8. The first kappa shape index (κ1) is 19.6. The normalized spacial score (nSPS) is 16.2. The molecule has 1 saturated heterocycles. The van der Waals surface area contributed by atoms with E-state index in [9.17, 15) is 13.2 Å². The highest BCUT2D eigenvalue weighted by molar-refractivity contribution is 7.89. The van der Waals surface area contributed by atoms with Crippen molar-refractivity contribution in [3.05, 3.63) is 60.0 Å². The fourth-order valence-corrected chi connectivity index (χ4v) is 4.89. The van der Waals surface area contributed by atoms with Gasteiger partial charge in [0.15, 0.2) is 12.2 Å². The van der Waals surface area contributed by atoms with Gasteiger partial charge in [-0.15, -0.1) is 0 Å². The van der Waals surface area contributed by atoms with E-state index < -0.39 is 10.0 Å². The Morgan fingerprint density at radius 2 is 1.83 bits per heavy atom. The number of aromatic nitrogens is 1. The first-order chi connectivity index (χ1) is 13.9. The number of piperidine rings is 1. The molecule has 0 spiro atoms. The molecule has 0 amide bonds. The summed E-state index contributed by atoms with van der Waals surface area (Å²) in [7, 11) is -3.54. The molecule has 1 fully saturated rings. The molecule has 1 aliphatic rings. The van der Waals surface area contributed by atoms with Crippen molar-refractivity contribution in [2.45, 2.75) is 31.3 Å². The van der Waals surface area contributed by atoms with Crippen molar-refractivity contribution in [2.75, 3.05) is 13.1 Å². The topological polar surface area (TPSA) is 89.7 Å². The number of carbonyl (C=O) groups is 1. The zero-order valence-corrected chi connectivity index (χ0v) is 16.9. The predicted molar refractivity (Wildman–Crippen MR) is 106 cm³/mol. The fourth-order valence-electron chi connectivity index (χ4n) is 3.42. The molecule has 1 aliphatic heterocycles. The van der Waals surface area contributed by atoms with Gasteiger partial charge in [-0.2, -0.15) is 4.31 Å². The smallest absolute Gasteiger partial charge is 0.309 e. The molecule has 0 radical (unpaired) electrons. The second-order valence-electron chi connectivity index (χ2n) is 7.17. The van der Waals surface area contributed by atoms with Gasteiger partial charge in [0, 0.05) is 13.1 Å². The molecule has 4 rings (SSSR count). The number of para-hydroxylation sites is 2. The average molecular weight is 414 g/mol. The van der Waals surface area contributed by atoms with Gasteiger partial charge in [-0.25, -0.2) is 13.4 Å². The Balaban J connectivity index is 1.32. The van der Waals surface area contributed by atoms with Crippen LogP contribution in [0.15, 0.2) is 57.8 Å². The standard InChI is InChI=1S/C21H22N2O5S/c1-15-6-8-17(9-7-15)29(25,26)23-12-10-16(11-13-23)21(24)27-14-20-22-18-4-2-3-5-19(18)28-20/h2-9,16H,10-14H2,1H3. The summed E-state index contributed by atoms with van der Waals surface area (Å²) in [5, 5.41) is 0. The first-order valence-corrected chi connectivity index (χ1v) is 11.0. The summed E-state index contributed by atoms with van der Waals surface area (Å²) in [6.07, 6.45) is 0.856. The van der Waals surface area contributed by atoms with Gasteiger partial charge in [-0.1, -0.05) is 29.8 Å². The molecule has 7 nitrogen and oxygen atoms in total. The van der Waals surface area contributed by atoms with E-state index >= 15 is 0 Å². The number of sulfonamides is 1. The molecule has 29 heavy (non-hydrogen) atoms. The van der Waals surface area contributed by atoms with Crippen LogP contribution in [-0.2, 0) is 26.2 Å². The number of ether oxygens (including phenoxy) is 1. The minimum Gasteiger partial charge on any atom is -0.455 e. The van der Waals surface area contributed by atoms with Crippen LogP contribution in [0.5, 0.6) is 0 Å². The van der Waals surface area contributed by atoms with E-state index in [0.29, 0.717) is 42.9 Å². The Morgan fingerprint density at radius 3 is 2.52 bits per heavy atom. The number of hydrogen-bond donors (Lipinski definition) is 0. The van der Waals surface area contributed by atoms with Gasteiger partial charge in [-0.3, -0.25) is 4.79 Å². The molecule has 3 aromatic rings. The third kappa shape index (κ3) is 4.18. The molecule has 0 aliphatic carbocycles. The van der Waals surface area contributed by atoms with E-state index in [1.165, 1.54) is 4.31 Å². The number of oxazole rings is 1. The Labute approximate surface area is 169 Å². The van der Waals surface area contributed by atoms with Crippen molar-refractivity contribution < 1.29 is 22.4 Å². The summed E-state index contributed by atoms with van der Waals surface area (Å²) in [6.45, 7) is 2.46. The number of carbonyl (C=O) groups excluding carboxylic acids is 1. The van der Waals surface area contributed by atoms with Crippen LogP contribution in [-0.4, -0.2) is 36.8 Å².